The van der Waals surface area contributed by atoms with Gasteiger partial charge in [-0.3, -0.25) is 0 Å². The molecule has 6 nitrogen and oxygen atoms in total. The molecule has 1 aliphatic heterocycles. The molecule has 0 unspecified atom stereocenters. The van der Waals surface area contributed by atoms with E-state index in [9.17, 15) is 27.2 Å². The van der Waals surface area contributed by atoms with Crippen LogP contribution in [0, 0.1) is 5.82 Å². The topological polar surface area (TPSA) is 82.1 Å². The summed E-state index contributed by atoms with van der Waals surface area (Å²) in [6, 6.07) is 14.1. The van der Waals surface area contributed by atoms with Gasteiger partial charge in [-0.15, -0.1) is 0 Å². The molecular weight excluding hydrogens is 495 g/mol. The minimum absolute atomic E-state index is 0.287. The van der Waals surface area contributed by atoms with Crippen molar-refractivity contribution >= 4 is 29.4 Å². The van der Waals surface area contributed by atoms with E-state index in [0.29, 0.717) is 59.4 Å². The van der Waals surface area contributed by atoms with Gasteiger partial charge < -0.3 is 0 Å². The van der Waals surface area contributed by atoms with Gasteiger partial charge in [-0.25, -0.2) is 0 Å². The van der Waals surface area contributed by atoms with E-state index in [4.69, 9.17) is 0 Å². The minimum atomic E-state index is -4.46. The summed E-state index contributed by atoms with van der Waals surface area (Å²) in [6.45, 7) is 0.716. The number of halogens is 4. The van der Waals surface area contributed by atoms with E-state index in [1.807, 2.05) is 12.1 Å². The molecule has 0 amide bonds. The number of benzene rings is 2. The van der Waals surface area contributed by atoms with Crippen LogP contribution in [0.4, 0.5) is 23.4 Å². The van der Waals surface area contributed by atoms with Gasteiger partial charge in [0.05, 0.1) is 0 Å². The molecule has 0 saturated carbocycles. The number of rotatable bonds is 4. The van der Waals surface area contributed by atoms with Crippen LogP contribution in [0.2, 0.25) is 0 Å². The number of H-pyrrole nitrogens is 1. The Morgan fingerprint density at radius 1 is 1.03 bits per heavy atom. The Morgan fingerprint density at radius 3 is 2.42 bits per heavy atom. The summed E-state index contributed by atoms with van der Waals surface area (Å²) in [4.78, 5) is 29.3. The van der Waals surface area contributed by atoms with Crippen molar-refractivity contribution in [2.45, 2.75) is 12.6 Å². The summed E-state index contributed by atoms with van der Waals surface area (Å²) >= 11 is 0. The second-order valence-corrected chi connectivity index (χ2v) is 12.6. The van der Waals surface area contributed by atoms with Gasteiger partial charge in [0.15, 0.2) is 0 Å². The quantitative estimate of drug-likeness (QED) is 0.317. The second kappa shape index (κ2) is 9.26. The van der Waals surface area contributed by atoms with Crippen molar-refractivity contribution in [1.82, 2.24) is 15.2 Å². The zero-order valence-electron chi connectivity index (χ0n) is 19.0. The van der Waals surface area contributed by atoms with E-state index in [0.717, 1.165) is 17.8 Å². The molecule has 2 aromatic heterocycles. The number of alkyl halides is 3. The SMILES string of the molecule is O=c1[nH]nc(Cc2ccc(F)c([PH]3(O)CCN(c4ccc(C(F)(F)F)cn4)CC3)c2)c2ccccc12. The van der Waals surface area contributed by atoms with Gasteiger partial charge in [0.2, 0.25) is 0 Å². The van der Waals surface area contributed by atoms with Crippen LogP contribution in [0.5, 0.6) is 0 Å². The Hall–Kier alpha value is -3.36. The number of hydrogen-bond acceptors (Lipinski definition) is 5. The fourth-order valence-electron chi connectivity index (χ4n) is 4.65. The molecule has 5 rings (SSSR count). The summed E-state index contributed by atoms with van der Waals surface area (Å²) in [5.74, 6) is -0.0856. The average molecular weight is 518 g/mol. The van der Waals surface area contributed by atoms with Crippen molar-refractivity contribution in [2.24, 2.45) is 0 Å². The number of pyridine rings is 1. The molecule has 11 heteroatoms. The number of aromatic nitrogens is 3. The van der Waals surface area contributed by atoms with E-state index in [2.05, 4.69) is 15.2 Å². The maximum atomic E-state index is 14.9. The Balaban J connectivity index is 1.36. The number of anilines is 1. The van der Waals surface area contributed by atoms with Crippen LogP contribution in [0.1, 0.15) is 16.8 Å². The Bertz CT molecular complexity index is 1470. The van der Waals surface area contributed by atoms with Gasteiger partial charge in [0.25, 0.3) is 0 Å². The third-order valence-electron chi connectivity index (χ3n) is 6.67. The normalized spacial score (nSPS) is 16.8. The van der Waals surface area contributed by atoms with Crippen LogP contribution >= 0.6 is 7.49 Å². The van der Waals surface area contributed by atoms with Gasteiger partial charge in [0, 0.05) is 0 Å². The number of hydrogen-bond donors (Lipinski definition) is 2. The fraction of sp³-hybridized carbons (Fsp3) is 0.240. The molecule has 0 aliphatic carbocycles. The van der Waals surface area contributed by atoms with E-state index in [1.165, 1.54) is 12.1 Å². The molecule has 0 bridgehead atoms. The Kier molecular flexibility index (Phi) is 6.26. The fourth-order valence-corrected chi connectivity index (χ4v) is 7.70. The molecule has 1 fully saturated rings. The van der Waals surface area contributed by atoms with Gasteiger partial charge >= 0.3 is 204 Å². The zero-order chi connectivity index (χ0) is 25.5. The van der Waals surface area contributed by atoms with E-state index < -0.39 is 25.0 Å². The number of aromatic amines is 1. The van der Waals surface area contributed by atoms with Crippen molar-refractivity contribution in [2.75, 3.05) is 30.3 Å². The molecule has 0 spiro atoms. The van der Waals surface area contributed by atoms with Gasteiger partial charge in [-0.1, -0.05) is 0 Å². The summed E-state index contributed by atoms with van der Waals surface area (Å²) in [5, 5.41) is 8.20. The second-order valence-electron chi connectivity index (χ2n) is 8.96. The Labute approximate surface area is 204 Å². The molecule has 4 aromatic rings. The maximum absolute atomic E-state index is 14.9. The summed E-state index contributed by atoms with van der Waals surface area (Å²) < 4.78 is 53.4. The predicted octanol–water partition coefficient (Wildman–Crippen LogP) is 3.87. The third-order valence-corrected chi connectivity index (χ3v) is 10.2. The van der Waals surface area contributed by atoms with Crippen molar-refractivity contribution < 1.29 is 22.5 Å². The molecule has 2 aromatic carbocycles. The molecule has 3 heterocycles. The predicted molar refractivity (Wildman–Crippen MR) is 133 cm³/mol. The number of nitrogens with zero attached hydrogens (tertiary/aromatic N) is 3. The molecule has 2 N–H and O–H groups in total. The first kappa shape index (κ1) is 24.3. The van der Waals surface area contributed by atoms with E-state index in [1.54, 1.807) is 29.2 Å². The first-order valence-electron chi connectivity index (χ1n) is 11.4. The summed E-state index contributed by atoms with van der Waals surface area (Å²) in [6.07, 6.45) is -2.69. The first-order chi connectivity index (χ1) is 17.1. The number of fused-ring (bicyclic) bond motifs is 1. The Morgan fingerprint density at radius 2 is 1.75 bits per heavy atom. The molecular formula is C25H23F4N4O2P. The van der Waals surface area contributed by atoms with Crippen LogP contribution in [-0.2, 0) is 12.6 Å². The molecule has 188 valence electrons. The standard InChI is InChI=1S/C25H23F4N4O2P/c26-20-7-5-16(13-21-18-3-1-2-4-19(18)24(34)32-31-21)14-22(20)36(35)11-9-33(10-12-36)23-8-6-17(15-30-23)25(27,28)29/h1-8,14-15,35-36H,9-13H2,(H,32,34). The van der Waals surface area contributed by atoms with Crippen molar-refractivity contribution in [3.05, 3.63) is 93.8 Å². The van der Waals surface area contributed by atoms with Crippen LogP contribution in [0.3, 0.4) is 0 Å². The van der Waals surface area contributed by atoms with Crippen LogP contribution in [-0.4, -0.2) is 45.5 Å². The van der Waals surface area contributed by atoms with Crippen molar-refractivity contribution in [1.29, 1.82) is 0 Å². The van der Waals surface area contributed by atoms with Crippen LogP contribution in [0.15, 0.2) is 65.6 Å². The van der Waals surface area contributed by atoms with Gasteiger partial charge in [-0.05, 0) is 0 Å². The van der Waals surface area contributed by atoms with Gasteiger partial charge in [0.1, 0.15) is 0 Å². The van der Waals surface area contributed by atoms with Crippen molar-refractivity contribution in [3.63, 3.8) is 0 Å². The van der Waals surface area contributed by atoms with Crippen LogP contribution in [0.25, 0.3) is 10.8 Å². The third kappa shape index (κ3) is 4.70. The zero-order valence-corrected chi connectivity index (χ0v) is 20.0. The molecule has 1 aliphatic rings. The van der Waals surface area contributed by atoms with Crippen LogP contribution < -0.4 is 15.8 Å². The summed E-state index contributed by atoms with van der Waals surface area (Å²) in [7, 11) is -3.19. The summed E-state index contributed by atoms with van der Waals surface area (Å²) in [5.41, 5.74) is 0.284. The van der Waals surface area contributed by atoms with Gasteiger partial charge in [-0.2, -0.15) is 0 Å². The van der Waals surface area contributed by atoms with E-state index >= 15 is 0 Å². The number of nitrogens with one attached hydrogen (secondary N) is 1. The molecule has 1 saturated heterocycles. The molecule has 0 atom stereocenters. The average Bonchev–Trinajstić information content (AvgIpc) is 2.87. The molecule has 0 radical (unpaired) electrons. The molecule has 36 heavy (non-hydrogen) atoms. The van der Waals surface area contributed by atoms with E-state index in [-0.39, 0.29) is 5.56 Å². The van der Waals surface area contributed by atoms with Crippen molar-refractivity contribution in [3.8, 4) is 0 Å². The monoisotopic (exact) mass is 518 g/mol. The first-order valence-corrected chi connectivity index (χ1v) is 13.8.